The summed E-state index contributed by atoms with van der Waals surface area (Å²) in [6.07, 6.45) is -1.04. The summed E-state index contributed by atoms with van der Waals surface area (Å²) < 4.78 is 12.0. The van der Waals surface area contributed by atoms with E-state index in [1.54, 1.807) is 20.8 Å². The SMILES string of the molecule is CC(C)[C@@]1(O)[C@@H](OC(=O)c2cc[nH]c2)[C@@]2(O)[C@@]3(CO)C[C@]4(O)O[C@@]5([C@H](O)[C@@H](C)CC[C@]35O)[C@@]2(O)[C@]14C. The van der Waals surface area contributed by atoms with Gasteiger partial charge in [0.05, 0.1) is 29.1 Å². The van der Waals surface area contributed by atoms with Gasteiger partial charge in [-0.25, -0.2) is 4.79 Å². The lowest BCUT2D eigenvalue weighted by Crippen LogP contribution is -2.75. The van der Waals surface area contributed by atoms with Crippen LogP contribution in [0.1, 0.15) is 57.3 Å². The van der Waals surface area contributed by atoms with Crippen LogP contribution in [-0.4, -0.2) is 99.3 Å². The molecule has 0 amide bonds. The number of H-pyrrole nitrogens is 1. The maximum absolute atomic E-state index is 13.2. The van der Waals surface area contributed by atoms with E-state index in [0.717, 1.165) is 0 Å². The Morgan fingerprint density at radius 1 is 1.25 bits per heavy atom. The van der Waals surface area contributed by atoms with Crippen molar-refractivity contribution in [2.24, 2.45) is 22.7 Å². The third-order valence-corrected chi connectivity index (χ3v) is 11.3. The predicted octanol–water partition coefficient (Wildman–Crippen LogP) is -1.22. The first-order valence-corrected chi connectivity index (χ1v) is 12.5. The Balaban J connectivity index is 1.71. The van der Waals surface area contributed by atoms with Gasteiger partial charge in [-0.2, -0.15) is 0 Å². The number of hydrogen-bond acceptors (Lipinski definition) is 10. The first-order valence-electron chi connectivity index (χ1n) is 12.5. The molecule has 6 fully saturated rings. The monoisotopic (exact) mass is 509 g/mol. The fourth-order valence-electron chi connectivity index (χ4n) is 9.62. The molecule has 1 spiro atoms. The summed E-state index contributed by atoms with van der Waals surface area (Å²) in [5.41, 5.74) is -16.6. The van der Waals surface area contributed by atoms with Crippen molar-refractivity contribution in [3.8, 4) is 0 Å². The molecule has 0 aromatic carbocycles. The van der Waals surface area contributed by atoms with Gasteiger partial charge in [0, 0.05) is 18.8 Å². The van der Waals surface area contributed by atoms with Gasteiger partial charge in [-0.15, -0.1) is 0 Å². The standard InChI is InChI=1S/C25H35NO10/c1-12(2)22(32)17(35-16(29)14-6-8-26-9-14)23(33)19(11-27)10-21(31)18(22,4)25(23,34)24(36-21)15(28)13(3)5-7-20(19,24)30/h6,8-9,12-13,15,17,26-28,30-34H,5,7,10-11H2,1-4H3/t13-,15+,17+,18-,19+,20-,21-,22+,23+,24+,25+/m0/s1. The lowest BCUT2D eigenvalue weighted by atomic mass is 9.52. The highest BCUT2D eigenvalue weighted by Crippen LogP contribution is 2.90. The predicted molar refractivity (Wildman–Crippen MR) is 120 cm³/mol. The molecule has 7 rings (SSSR count). The number of aliphatic hydroxyl groups is 7. The van der Waals surface area contributed by atoms with Gasteiger partial charge in [-0.05, 0) is 37.7 Å². The topological polar surface area (TPSA) is 193 Å². The normalized spacial score (nSPS) is 58.5. The van der Waals surface area contributed by atoms with Crippen LogP contribution in [0, 0.1) is 22.7 Å². The number of rotatable bonds is 4. The van der Waals surface area contributed by atoms with Gasteiger partial charge in [0.25, 0.3) is 0 Å². The van der Waals surface area contributed by atoms with E-state index in [2.05, 4.69) is 4.98 Å². The molecule has 6 bridgehead atoms. The Kier molecular flexibility index (Phi) is 4.36. The molecule has 8 N–H and O–H groups in total. The average molecular weight is 510 g/mol. The van der Waals surface area contributed by atoms with Gasteiger partial charge in [-0.1, -0.05) is 20.8 Å². The largest absolute Gasteiger partial charge is 0.452 e. The second kappa shape index (κ2) is 6.35. The summed E-state index contributed by atoms with van der Waals surface area (Å²) in [4.78, 5) is 15.9. The van der Waals surface area contributed by atoms with E-state index < -0.39 is 87.7 Å². The van der Waals surface area contributed by atoms with Crippen LogP contribution in [0.5, 0.6) is 0 Å². The quantitative estimate of drug-likeness (QED) is 0.228. The molecular formula is C25H35NO10. The van der Waals surface area contributed by atoms with Gasteiger partial charge in [-0.3, -0.25) is 0 Å². The zero-order valence-corrected chi connectivity index (χ0v) is 20.7. The zero-order chi connectivity index (χ0) is 26.5. The number of carbonyl (C=O) groups is 1. The van der Waals surface area contributed by atoms with E-state index >= 15 is 0 Å². The molecule has 200 valence electrons. The first-order chi connectivity index (χ1) is 16.6. The summed E-state index contributed by atoms with van der Waals surface area (Å²) in [6, 6.07) is 1.43. The summed E-state index contributed by atoms with van der Waals surface area (Å²) >= 11 is 0. The Morgan fingerprint density at radius 3 is 2.47 bits per heavy atom. The van der Waals surface area contributed by atoms with Crippen molar-refractivity contribution in [3.05, 3.63) is 24.0 Å². The summed E-state index contributed by atoms with van der Waals surface area (Å²) in [7, 11) is 0. The van der Waals surface area contributed by atoms with Crippen LogP contribution in [0.4, 0.5) is 0 Å². The molecule has 11 heteroatoms. The Labute approximate surface area is 207 Å². The van der Waals surface area contributed by atoms with E-state index in [1.807, 2.05) is 0 Å². The van der Waals surface area contributed by atoms with Crippen molar-refractivity contribution in [1.82, 2.24) is 4.98 Å². The van der Waals surface area contributed by atoms with Crippen LogP contribution >= 0.6 is 0 Å². The molecular weight excluding hydrogens is 474 g/mol. The lowest BCUT2D eigenvalue weighted by molar-refractivity contribution is -0.396. The van der Waals surface area contributed by atoms with Crippen molar-refractivity contribution >= 4 is 5.97 Å². The van der Waals surface area contributed by atoms with Crippen LogP contribution in [-0.2, 0) is 9.47 Å². The maximum atomic E-state index is 13.2. The fourth-order valence-corrected chi connectivity index (χ4v) is 9.62. The third-order valence-electron chi connectivity index (χ3n) is 11.3. The number of carbonyl (C=O) groups excluding carboxylic acids is 1. The van der Waals surface area contributed by atoms with Crippen LogP contribution in [0.3, 0.4) is 0 Å². The second-order valence-corrected chi connectivity index (χ2v) is 12.3. The van der Waals surface area contributed by atoms with Gasteiger partial charge in [0.1, 0.15) is 22.4 Å². The van der Waals surface area contributed by atoms with Gasteiger partial charge < -0.3 is 50.2 Å². The molecule has 2 saturated heterocycles. The number of hydrogen-bond donors (Lipinski definition) is 8. The van der Waals surface area contributed by atoms with Crippen LogP contribution in [0.25, 0.3) is 0 Å². The van der Waals surface area contributed by atoms with Crippen molar-refractivity contribution < 1.29 is 50.0 Å². The summed E-state index contributed by atoms with van der Waals surface area (Å²) in [5, 5.41) is 85.0. The molecule has 6 aliphatic rings. The molecule has 3 heterocycles. The highest BCUT2D eigenvalue weighted by molar-refractivity contribution is 5.89. The summed E-state index contributed by atoms with van der Waals surface area (Å²) in [5.74, 6) is -4.71. The minimum absolute atomic E-state index is 0.0803. The number of aromatic amines is 1. The average Bonchev–Trinajstić information content (AvgIpc) is 3.45. The van der Waals surface area contributed by atoms with E-state index in [1.165, 1.54) is 25.4 Å². The molecule has 2 aliphatic heterocycles. The van der Waals surface area contributed by atoms with Gasteiger partial charge in [0.2, 0.25) is 0 Å². The molecule has 4 aliphatic carbocycles. The first kappa shape index (κ1) is 24.7. The molecule has 11 atom stereocenters. The molecule has 0 unspecified atom stereocenters. The minimum atomic E-state index is -2.74. The van der Waals surface area contributed by atoms with Crippen molar-refractivity contribution in [2.75, 3.05) is 6.61 Å². The Morgan fingerprint density at radius 2 is 1.92 bits per heavy atom. The fraction of sp³-hybridized carbons (Fsp3) is 0.800. The third kappa shape index (κ3) is 1.77. The van der Waals surface area contributed by atoms with Crippen molar-refractivity contribution in [3.63, 3.8) is 0 Å². The van der Waals surface area contributed by atoms with E-state index in [0.29, 0.717) is 0 Å². The maximum Gasteiger partial charge on any atom is 0.340 e. The van der Waals surface area contributed by atoms with Crippen molar-refractivity contribution in [2.45, 2.75) is 93.0 Å². The minimum Gasteiger partial charge on any atom is -0.452 e. The lowest BCUT2D eigenvalue weighted by Gasteiger charge is -2.61. The second-order valence-electron chi connectivity index (χ2n) is 12.3. The van der Waals surface area contributed by atoms with Crippen LogP contribution in [0.2, 0.25) is 0 Å². The molecule has 1 aromatic rings. The number of ether oxygens (including phenoxy) is 2. The van der Waals surface area contributed by atoms with Gasteiger partial charge in [0.15, 0.2) is 17.5 Å². The summed E-state index contributed by atoms with van der Waals surface area (Å²) in [6.45, 7) is 5.24. The smallest absolute Gasteiger partial charge is 0.340 e. The Bertz CT molecular complexity index is 1140. The number of aliphatic hydroxyl groups excluding tert-OH is 2. The van der Waals surface area contributed by atoms with E-state index in [-0.39, 0.29) is 18.4 Å². The van der Waals surface area contributed by atoms with E-state index in [4.69, 9.17) is 9.47 Å². The highest BCUT2D eigenvalue weighted by Gasteiger charge is 3.11. The highest BCUT2D eigenvalue weighted by atomic mass is 16.7. The number of nitrogens with one attached hydrogen (secondary N) is 1. The number of aromatic nitrogens is 1. The van der Waals surface area contributed by atoms with Crippen molar-refractivity contribution in [1.29, 1.82) is 0 Å². The molecule has 4 saturated carbocycles. The molecule has 36 heavy (non-hydrogen) atoms. The zero-order valence-electron chi connectivity index (χ0n) is 20.7. The van der Waals surface area contributed by atoms with Crippen LogP contribution < -0.4 is 0 Å². The van der Waals surface area contributed by atoms with Gasteiger partial charge >= 0.3 is 5.97 Å². The molecule has 1 aromatic heterocycles. The number of esters is 1. The Hall–Kier alpha value is -1.57. The molecule has 11 nitrogen and oxygen atoms in total. The van der Waals surface area contributed by atoms with E-state index in [9.17, 15) is 40.5 Å². The molecule has 0 radical (unpaired) electrons. The van der Waals surface area contributed by atoms with Crippen LogP contribution in [0.15, 0.2) is 18.5 Å².